The molecule has 2 amide bonds. The predicted octanol–water partition coefficient (Wildman–Crippen LogP) is 1.73. The van der Waals surface area contributed by atoms with Gasteiger partial charge in [0.25, 0.3) is 0 Å². The number of hydrogen-bond acceptors (Lipinski definition) is 2. The molecule has 0 aromatic heterocycles. The minimum atomic E-state index is -0.754. The molecule has 0 unspecified atom stereocenters. The van der Waals surface area contributed by atoms with E-state index in [9.17, 15) is 9.59 Å². The molecule has 0 aromatic carbocycles. The topological polar surface area (TPSA) is 78.4 Å². The Balaban J connectivity index is 1.80. The van der Waals surface area contributed by atoms with Crippen LogP contribution in [0.25, 0.3) is 0 Å². The number of hydrogen-bond donors (Lipinski definition) is 3. The van der Waals surface area contributed by atoms with Crippen LogP contribution in [0.4, 0.5) is 4.79 Å². The first-order chi connectivity index (χ1) is 8.18. The normalized spacial score (nSPS) is 14.4. The van der Waals surface area contributed by atoms with Gasteiger partial charge < -0.3 is 15.7 Å². The summed E-state index contributed by atoms with van der Waals surface area (Å²) in [6.45, 7) is 1.38. The molecule has 1 aliphatic carbocycles. The van der Waals surface area contributed by atoms with Gasteiger partial charge in [-0.25, -0.2) is 4.79 Å². The molecule has 17 heavy (non-hydrogen) atoms. The van der Waals surface area contributed by atoms with E-state index in [0.29, 0.717) is 13.0 Å². The van der Waals surface area contributed by atoms with E-state index in [1.165, 1.54) is 12.8 Å². The monoisotopic (exact) mass is 242 g/mol. The zero-order valence-corrected chi connectivity index (χ0v) is 10.2. The van der Waals surface area contributed by atoms with E-state index in [-0.39, 0.29) is 12.5 Å². The molecule has 1 rings (SSSR count). The van der Waals surface area contributed by atoms with Crippen LogP contribution in [-0.4, -0.2) is 30.2 Å². The van der Waals surface area contributed by atoms with Crippen LogP contribution in [0.15, 0.2) is 0 Å². The lowest BCUT2D eigenvalue weighted by atomic mass is 10.2. The summed E-state index contributed by atoms with van der Waals surface area (Å²) in [7, 11) is 0. The predicted molar refractivity (Wildman–Crippen MR) is 64.8 cm³/mol. The molecule has 1 fully saturated rings. The molecule has 5 heteroatoms. The fourth-order valence-electron chi connectivity index (χ4n) is 1.64. The van der Waals surface area contributed by atoms with Gasteiger partial charge in [0.1, 0.15) is 0 Å². The van der Waals surface area contributed by atoms with E-state index < -0.39 is 5.97 Å². The standard InChI is InChI=1S/C12H22N2O3/c15-11(16)4-2-1-3-8-13-12(17)14-9-7-10-5-6-10/h10H,1-9H2,(H,15,16)(H2,13,14,17). The maximum Gasteiger partial charge on any atom is 0.314 e. The van der Waals surface area contributed by atoms with Gasteiger partial charge in [0.05, 0.1) is 0 Å². The van der Waals surface area contributed by atoms with Gasteiger partial charge in [-0.2, -0.15) is 0 Å². The number of urea groups is 1. The average molecular weight is 242 g/mol. The molecule has 0 aromatic rings. The van der Waals surface area contributed by atoms with Gasteiger partial charge in [0.2, 0.25) is 0 Å². The molecule has 1 aliphatic rings. The Bertz CT molecular complexity index is 252. The Labute approximate surface area is 102 Å². The number of amides is 2. The van der Waals surface area contributed by atoms with Crippen LogP contribution in [0.5, 0.6) is 0 Å². The summed E-state index contributed by atoms with van der Waals surface area (Å²) in [5.74, 6) is 0.0853. The lowest BCUT2D eigenvalue weighted by Gasteiger charge is -2.06. The molecule has 0 radical (unpaired) electrons. The van der Waals surface area contributed by atoms with Crippen LogP contribution in [0.2, 0.25) is 0 Å². The van der Waals surface area contributed by atoms with Crippen LogP contribution in [0.1, 0.15) is 44.9 Å². The molecule has 0 atom stereocenters. The van der Waals surface area contributed by atoms with Crippen LogP contribution in [-0.2, 0) is 4.79 Å². The molecule has 0 spiro atoms. The van der Waals surface area contributed by atoms with Crippen molar-refractivity contribution >= 4 is 12.0 Å². The quantitative estimate of drug-likeness (QED) is 0.539. The first kappa shape index (κ1) is 13.8. The number of nitrogens with one attached hydrogen (secondary N) is 2. The highest BCUT2D eigenvalue weighted by molar-refractivity contribution is 5.73. The molecular weight excluding hydrogens is 220 g/mol. The molecule has 3 N–H and O–H groups in total. The summed E-state index contributed by atoms with van der Waals surface area (Å²) in [5.41, 5.74) is 0. The van der Waals surface area contributed by atoms with Crippen molar-refractivity contribution in [2.24, 2.45) is 5.92 Å². The summed E-state index contributed by atoms with van der Waals surface area (Å²) in [6.07, 6.45) is 6.29. The Kier molecular flexibility index (Phi) is 6.43. The summed E-state index contributed by atoms with van der Waals surface area (Å²) in [6, 6.07) is -0.108. The third kappa shape index (κ3) is 8.54. The molecule has 98 valence electrons. The molecule has 0 saturated heterocycles. The van der Waals surface area contributed by atoms with E-state index >= 15 is 0 Å². The van der Waals surface area contributed by atoms with Crippen molar-refractivity contribution in [3.63, 3.8) is 0 Å². The number of carboxylic acids is 1. The fraction of sp³-hybridized carbons (Fsp3) is 0.833. The SMILES string of the molecule is O=C(O)CCCCCNC(=O)NCCC1CC1. The van der Waals surface area contributed by atoms with Gasteiger partial charge in [-0.05, 0) is 25.2 Å². The minimum absolute atomic E-state index is 0.108. The first-order valence-corrected chi connectivity index (χ1v) is 6.42. The summed E-state index contributed by atoms with van der Waals surface area (Å²) >= 11 is 0. The van der Waals surface area contributed by atoms with E-state index in [0.717, 1.165) is 31.7 Å². The van der Waals surface area contributed by atoms with Crippen molar-refractivity contribution in [2.45, 2.75) is 44.9 Å². The number of carbonyl (C=O) groups is 2. The number of carboxylic acid groups (broad SMARTS) is 1. The smallest absolute Gasteiger partial charge is 0.314 e. The zero-order valence-electron chi connectivity index (χ0n) is 10.2. The Morgan fingerprint density at radius 3 is 2.41 bits per heavy atom. The number of aliphatic carboxylic acids is 1. The largest absolute Gasteiger partial charge is 0.481 e. The molecular formula is C12H22N2O3. The van der Waals surface area contributed by atoms with E-state index in [1.807, 2.05) is 0 Å². The van der Waals surface area contributed by atoms with Crippen LogP contribution in [0, 0.1) is 5.92 Å². The molecule has 0 heterocycles. The van der Waals surface area contributed by atoms with Crippen molar-refractivity contribution < 1.29 is 14.7 Å². The third-order valence-electron chi connectivity index (χ3n) is 2.89. The maximum absolute atomic E-state index is 11.3. The second-order valence-electron chi connectivity index (χ2n) is 4.62. The van der Waals surface area contributed by atoms with Crippen LogP contribution in [0.3, 0.4) is 0 Å². The third-order valence-corrected chi connectivity index (χ3v) is 2.89. The van der Waals surface area contributed by atoms with E-state index in [1.54, 1.807) is 0 Å². The first-order valence-electron chi connectivity index (χ1n) is 6.42. The highest BCUT2D eigenvalue weighted by atomic mass is 16.4. The van der Waals surface area contributed by atoms with Crippen molar-refractivity contribution in [3.05, 3.63) is 0 Å². The molecule has 5 nitrogen and oxygen atoms in total. The zero-order chi connectivity index (χ0) is 12.5. The van der Waals surface area contributed by atoms with Gasteiger partial charge in [0.15, 0.2) is 0 Å². The van der Waals surface area contributed by atoms with Gasteiger partial charge >= 0.3 is 12.0 Å². The van der Waals surface area contributed by atoms with E-state index in [4.69, 9.17) is 5.11 Å². The van der Waals surface area contributed by atoms with Crippen molar-refractivity contribution in [3.8, 4) is 0 Å². The van der Waals surface area contributed by atoms with Crippen LogP contribution >= 0.6 is 0 Å². The minimum Gasteiger partial charge on any atom is -0.481 e. The summed E-state index contributed by atoms with van der Waals surface area (Å²) in [5, 5.41) is 14.0. The van der Waals surface area contributed by atoms with Gasteiger partial charge in [0, 0.05) is 19.5 Å². The van der Waals surface area contributed by atoms with E-state index in [2.05, 4.69) is 10.6 Å². The highest BCUT2D eigenvalue weighted by Crippen LogP contribution is 2.31. The summed E-state index contributed by atoms with van der Waals surface area (Å²) < 4.78 is 0. The number of unbranched alkanes of at least 4 members (excludes halogenated alkanes) is 2. The van der Waals surface area contributed by atoms with Crippen molar-refractivity contribution in [2.75, 3.05) is 13.1 Å². The molecule has 1 saturated carbocycles. The lowest BCUT2D eigenvalue weighted by molar-refractivity contribution is -0.137. The summed E-state index contributed by atoms with van der Waals surface area (Å²) in [4.78, 5) is 21.5. The maximum atomic E-state index is 11.3. The Hall–Kier alpha value is -1.26. The highest BCUT2D eigenvalue weighted by Gasteiger charge is 2.20. The second-order valence-corrected chi connectivity index (χ2v) is 4.62. The lowest BCUT2D eigenvalue weighted by Crippen LogP contribution is -2.36. The second kappa shape index (κ2) is 7.92. The van der Waals surface area contributed by atoms with Gasteiger partial charge in [-0.3, -0.25) is 4.79 Å². The number of rotatable bonds is 9. The Morgan fingerprint density at radius 2 is 1.76 bits per heavy atom. The molecule has 0 bridgehead atoms. The average Bonchev–Trinajstić information content (AvgIpc) is 3.06. The Morgan fingerprint density at radius 1 is 1.06 bits per heavy atom. The van der Waals surface area contributed by atoms with Crippen LogP contribution < -0.4 is 10.6 Å². The van der Waals surface area contributed by atoms with Gasteiger partial charge in [-0.15, -0.1) is 0 Å². The van der Waals surface area contributed by atoms with Gasteiger partial charge in [-0.1, -0.05) is 19.3 Å². The fourth-order valence-corrected chi connectivity index (χ4v) is 1.64. The van der Waals surface area contributed by atoms with Crippen molar-refractivity contribution in [1.82, 2.24) is 10.6 Å². The van der Waals surface area contributed by atoms with Crippen molar-refractivity contribution in [1.29, 1.82) is 0 Å². The molecule has 0 aliphatic heterocycles. The number of carbonyl (C=O) groups excluding carboxylic acids is 1.